The molecule has 0 rings (SSSR count). The van der Waals surface area contributed by atoms with E-state index in [0.29, 0.717) is 6.42 Å². The molecule has 0 saturated heterocycles. The summed E-state index contributed by atoms with van der Waals surface area (Å²) in [5.74, 6) is -2.40. The summed E-state index contributed by atoms with van der Waals surface area (Å²) in [4.78, 5) is 32.9. The Bertz CT molecular complexity index is 304. The quantitative estimate of drug-likeness (QED) is 0.447. The molecular formula is C10H19N3O4. The summed E-state index contributed by atoms with van der Waals surface area (Å²) in [6.45, 7) is 3.68. The van der Waals surface area contributed by atoms with Crippen LogP contribution in [0.1, 0.15) is 26.7 Å². The third-order valence-corrected chi connectivity index (χ3v) is 2.08. The number of carbonyl (C=O) groups is 3. The number of rotatable bonds is 7. The number of carbonyl (C=O) groups excluding carboxylic acids is 2. The molecule has 2 amide bonds. The largest absolute Gasteiger partial charge is 0.480 e. The molecule has 98 valence electrons. The van der Waals surface area contributed by atoms with Crippen LogP contribution < -0.4 is 16.8 Å². The number of amides is 2. The monoisotopic (exact) mass is 245 g/mol. The van der Waals surface area contributed by atoms with Crippen molar-refractivity contribution in [3.63, 3.8) is 0 Å². The minimum absolute atomic E-state index is 0.115. The Labute approximate surface area is 99.5 Å². The van der Waals surface area contributed by atoms with Crippen LogP contribution in [0.25, 0.3) is 0 Å². The van der Waals surface area contributed by atoms with Gasteiger partial charge in [-0.15, -0.1) is 0 Å². The fraction of sp³-hybridized carbons (Fsp3) is 0.700. The number of nitrogens with one attached hydrogen (secondary N) is 1. The van der Waals surface area contributed by atoms with Crippen molar-refractivity contribution < 1.29 is 19.5 Å². The molecule has 0 aromatic heterocycles. The van der Waals surface area contributed by atoms with Gasteiger partial charge in [0, 0.05) is 0 Å². The molecule has 7 heteroatoms. The van der Waals surface area contributed by atoms with Gasteiger partial charge < -0.3 is 21.9 Å². The van der Waals surface area contributed by atoms with Crippen molar-refractivity contribution in [2.24, 2.45) is 17.4 Å². The SMILES string of the molecule is CC(C)C[C@H](NC(=O)[C@@H](N)CC(N)=O)C(=O)O. The normalized spacial score (nSPS) is 14.1. The summed E-state index contributed by atoms with van der Waals surface area (Å²) in [6.07, 6.45) is -0.00971. The van der Waals surface area contributed by atoms with E-state index >= 15 is 0 Å². The molecule has 0 aromatic rings. The number of hydrogen-bond donors (Lipinski definition) is 4. The van der Waals surface area contributed by atoms with Gasteiger partial charge >= 0.3 is 5.97 Å². The van der Waals surface area contributed by atoms with E-state index in [1.165, 1.54) is 0 Å². The lowest BCUT2D eigenvalue weighted by molar-refractivity contribution is -0.142. The van der Waals surface area contributed by atoms with Crippen molar-refractivity contribution in [2.45, 2.75) is 38.8 Å². The van der Waals surface area contributed by atoms with Crippen molar-refractivity contribution in [3.8, 4) is 0 Å². The van der Waals surface area contributed by atoms with Crippen molar-refractivity contribution in [1.29, 1.82) is 0 Å². The highest BCUT2D eigenvalue weighted by atomic mass is 16.4. The zero-order valence-corrected chi connectivity index (χ0v) is 9.97. The molecule has 6 N–H and O–H groups in total. The molecule has 0 saturated carbocycles. The van der Waals surface area contributed by atoms with E-state index in [1.807, 2.05) is 13.8 Å². The second-order valence-electron chi connectivity index (χ2n) is 4.31. The smallest absolute Gasteiger partial charge is 0.326 e. The van der Waals surface area contributed by atoms with E-state index in [4.69, 9.17) is 16.6 Å². The van der Waals surface area contributed by atoms with E-state index in [0.717, 1.165) is 0 Å². The minimum atomic E-state index is -1.13. The van der Waals surface area contributed by atoms with Crippen LogP contribution in [0, 0.1) is 5.92 Å². The van der Waals surface area contributed by atoms with E-state index in [-0.39, 0.29) is 12.3 Å². The third kappa shape index (κ3) is 6.52. The van der Waals surface area contributed by atoms with Gasteiger partial charge in [0.2, 0.25) is 11.8 Å². The Hall–Kier alpha value is -1.63. The number of primary amides is 1. The van der Waals surface area contributed by atoms with Crippen LogP contribution >= 0.6 is 0 Å². The van der Waals surface area contributed by atoms with Crippen molar-refractivity contribution in [1.82, 2.24) is 5.32 Å². The Morgan fingerprint density at radius 3 is 2.18 bits per heavy atom. The zero-order chi connectivity index (χ0) is 13.6. The molecule has 0 spiro atoms. The summed E-state index contributed by atoms with van der Waals surface area (Å²) < 4.78 is 0. The topological polar surface area (TPSA) is 136 Å². The van der Waals surface area contributed by atoms with E-state index in [2.05, 4.69) is 5.32 Å². The van der Waals surface area contributed by atoms with Crippen LogP contribution in [0.5, 0.6) is 0 Å². The average Bonchev–Trinajstić information content (AvgIpc) is 2.14. The molecular weight excluding hydrogens is 226 g/mol. The van der Waals surface area contributed by atoms with Crippen LogP contribution in [0.4, 0.5) is 0 Å². The van der Waals surface area contributed by atoms with Gasteiger partial charge in [-0.05, 0) is 12.3 Å². The van der Waals surface area contributed by atoms with Crippen molar-refractivity contribution in [3.05, 3.63) is 0 Å². The van der Waals surface area contributed by atoms with Gasteiger partial charge in [0.1, 0.15) is 6.04 Å². The first-order valence-electron chi connectivity index (χ1n) is 5.31. The summed E-state index contributed by atoms with van der Waals surface area (Å²) in [7, 11) is 0. The van der Waals surface area contributed by atoms with E-state index in [9.17, 15) is 14.4 Å². The van der Waals surface area contributed by atoms with Crippen LogP contribution in [0.2, 0.25) is 0 Å². The van der Waals surface area contributed by atoms with Crippen molar-refractivity contribution in [2.75, 3.05) is 0 Å². The molecule has 0 aliphatic heterocycles. The second kappa shape index (κ2) is 6.85. The maximum absolute atomic E-state index is 11.5. The van der Waals surface area contributed by atoms with E-state index < -0.39 is 29.9 Å². The molecule has 0 fully saturated rings. The predicted octanol–water partition coefficient (Wildman–Crippen LogP) is -1.20. The number of carboxylic acids is 1. The fourth-order valence-corrected chi connectivity index (χ4v) is 1.28. The standard InChI is InChI=1S/C10H19N3O4/c1-5(2)3-7(10(16)17)13-9(15)6(11)4-8(12)14/h5-7H,3-4,11H2,1-2H3,(H2,12,14)(H,13,15)(H,16,17)/t6-,7-/m0/s1. The maximum atomic E-state index is 11.5. The molecule has 0 unspecified atom stereocenters. The first kappa shape index (κ1) is 15.4. The first-order valence-corrected chi connectivity index (χ1v) is 5.31. The molecule has 0 heterocycles. The van der Waals surface area contributed by atoms with E-state index in [1.54, 1.807) is 0 Å². The molecule has 0 radical (unpaired) electrons. The maximum Gasteiger partial charge on any atom is 0.326 e. The number of aliphatic carboxylic acids is 1. The predicted molar refractivity (Wildman–Crippen MR) is 60.8 cm³/mol. The van der Waals surface area contributed by atoms with Gasteiger partial charge in [-0.1, -0.05) is 13.8 Å². The lowest BCUT2D eigenvalue weighted by Crippen LogP contribution is -2.49. The van der Waals surface area contributed by atoms with Gasteiger partial charge in [-0.2, -0.15) is 0 Å². The molecule has 0 aromatic carbocycles. The summed E-state index contributed by atoms with van der Waals surface area (Å²) in [6, 6.07) is -2.11. The lowest BCUT2D eigenvalue weighted by atomic mass is 10.0. The third-order valence-electron chi connectivity index (χ3n) is 2.08. The molecule has 0 aliphatic carbocycles. The average molecular weight is 245 g/mol. The first-order chi connectivity index (χ1) is 7.73. The number of carboxylic acid groups (broad SMARTS) is 1. The fourth-order valence-electron chi connectivity index (χ4n) is 1.28. The van der Waals surface area contributed by atoms with Crippen LogP contribution in [0.15, 0.2) is 0 Å². The highest BCUT2D eigenvalue weighted by molar-refractivity contribution is 5.90. The van der Waals surface area contributed by atoms with Crippen LogP contribution in [-0.2, 0) is 14.4 Å². The van der Waals surface area contributed by atoms with Crippen molar-refractivity contribution >= 4 is 17.8 Å². The second-order valence-corrected chi connectivity index (χ2v) is 4.31. The molecule has 0 bridgehead atoms. The van der Waals surface area contributed by atoms with Crippen LogP contribution in [-0.4, -0.2) is 35.0 Å². The van der Waals surface area contributed by atoms with Gasteiger partial charge in [-0.3, -0.25) is 9.59 Å². The molecule has 17 heavy (non-hydrogen) atoms. The summed E-state index contributed by atoms with van der Waals surface area (Å²) in [5, 5.41) is 11.2. The Kier molecular flexibility index (Phi) is 6.19. The zero-order valence-electron chi connectivity index (χ0n) is 9.97. The summed E-state index contributed by atoms with van der Waals surface area (Å²) in [5.41, 5.74) is 10.3. The minimum Gasteiger partial charge on any atom is -0.480 e. The van der Waals surface area contributed by atoms with Gasteiger partial charge in [-0.25, -0.2) is 4.79 Å². The Balaban J connectivity index is 4.39. The van der Waals surface area contributed by atoms with Gasteiger partial charge in [0.15, 0.2) is 0 Å². The molecule has 7 nitrogen and oxygen atoms in total. The number of hydrogen-bond acceptors (Lipinski definition) is 4. The van der Waals surface area contributed by atoms with Crippen LogP contribution in [0.3, 0.4) is 0 Å². The Morgan fingerprint density at radius 1 is 1.29 bits per heavy atom. The highest BCUT2D eigenvalue weighted by Gasteiger charge is 2.24. The lowest BCUT2D eigenvalue weighted by Gasteiger charge is -2.18. The summed E-state index contributed by atoms with van der Waals surface area (Å²) >= 11 is 0. The van der Waals surface area contributed by atoms with Gasteiger partial charge in [0.05, 0.1) is 12.5 Å². The molecule has 2 atom stereocenters. The van der Waals surface area contributed by atoms with Gasteiger partial charge in [0.25, 0.3) is 0 Å². The number of nitrogens with two attached hydrogens (primary N) is 2. The Morgan fingerprint density at radius 2 is 1.82 bits per heavy atom. The molecule has 0 aliphatic rings. The highest BCUT2D eigenvalue weighted by Crippen LogP contribution is 2.05.